The van der Waals surface area contributed by atoms with Crippen molar-refractivity contribution in [1.82, 2.24) is 9.55 Å². The maximum Gasteiger partial charge on any atom is 0.335 e. The molecule has 1 aliphatic rings. The molecule has 1 aromatic carbocycles. The number of esters is 1. The molecule has 0 spiro atoms. The summed E-state index contributed by atoms with van der Waals surface area (Å²) in [7, 11) is 0. The predicted octanol–water partition coefficient (Wildman–Crippen LogP) is 2.21. The smallest absolute Gasteiger partial charge is 0.335 e. The molecule has 86 valence electrons. The van der Waals surface area contributed by atoms with Crippen molar-refractivity contribution >= 4 is 22.7 Å². The number of rotatable bonds is 1. The Morgan fingerprint density at radius 2 is 2.24 bits per heavy atom. The third-order valence-electron chi connectivity index (χ3n) is 3.08. The third-order valence-corrected chi connectivity index (χ3v) is 3.08. The van der Waals surface area contributed by atoms with Gasteiger partial charge in [-0.1, -0.05) is 12.1 Å². The van der Waals surface area contributed by atoms with Crippen molar-refractivity contribution in [3.05, 3.63) is 36.2 Å². The molecule has 17 heavy (non-hydrogen) atoms. The number of para-hydroxylation sites is 2. The Bertz CT molecular complexity index is 625. The maximum atomic E-state index is 11.5. The lowest BCUT2D eigenvalue weighted by Gasteiger charge is -2.06. The molecular weight excluding hydrogens is 216 g/mol. The number of hydrogen-bond donors (Lipinski definition) is 0. The number of fused-ring (bicyclic) bond motifs is 1. The van der Waals surface area contributed by atoms with Crippen LogP contribution in [0.5, 0.6) is 0 Å². The molecule has 0 unspecified atom stereocenters. The van der Waals surface area contributed by atoms with Gasteiger partial charge < -0.3 is 9.30 Å². The summed E-state index contributed by atoms with van der Waals surface area (Å²) >= 11 is 0. The fourth-order valence-corrected chi connectivity index (χ4v) is 2.14. The van der Waals surface area contributed by atoms with Gasteiger partial charge in [0.1, 0.15) is 6.33 Å². The van der Waals surface area contributed by atoms with Gasteiger partial charge >= 0.3 is 5.97 Å². The average Bonchev–Trinajstić information content (AvgIpc) is 2.94. The molecule has 1 fully saturated rings. The normalized spacial score (nSPS) is 18.5. The fraction of sp³-hybridized carbons (Fsp3) is 0.231. The van der Waals surface area contributed by atoms with E-state index in [0.29, 0.717) is 13.0 Å². The summed E-state index contributed by atoms with van der Waals surface area (Å²) < 4.78 is 6.91. The van der Waals surface area contributed by atoms with Gasteiger partial charge in [-0.2, -0.15) is 0 Å². The van der Waals surface area contributed by atoms with E-state index >= 15 is 0 Å². The number of aromatic nitrogens is 2. The zero-order chi connectivity index (χ0) is 11.8. The van der Waals surface area contributed by atoms with Crippen molar-refractivity contribution in [2.45, 2.75) is 13.3 Å². The van der Waals surface area contributed by atoms with Gasteiger partial charge in [0.2, 0.25) is 0 Å². The minimum Gasteiger partial charge on any atom is -0.462 e. The topological polar surface area (TPSA) is 44.1 Å². The molecule has 0 saturated carbocycles. The zero-order valence-electron chi connectivity index (χ0n) is 9.51. The molecule has 0 aliphatic carbocycles. The van der Waals surface area contributed by atoms with Gasteiger partial charge in [-0.15, -0.1) is 0 Å². The average molecular weight is 228 g/mol. The van der Waals surface area contributed by atoms with Crippen LogP contribution in [0.15, 0.2) is 36.2 Å². The van der Waals surface area contributed by atoms with Crippen LogP contribution < -0.4 is 0 Å². The van der Waals surface area contributed by atoms with Gasteiger partial charge in [0.15, 0.2) is 0 Å². The molecule has 4 nitrogen and oxygen atoms in total. The van der Waals surface area contributed by atoms with E-state index in [1.165, 1.54) is 0 Å². The Morgan fingerprint density at radius 1 is 1.41 bits per heavy atom. The monoisotopic (exact) mass is 228 g/mol. The van der Waals surface area contributed by atoms with Crippen LogP contribution in [-0.2, 0) is 9.53 Å². The van der Waals surface area contributed by atoms with Gasteiger partial charge in [-0.3, -0.25) is 0 Å². The number of benzene rings is 1. The molecule has 4 heteroatoms. The van der Waals surface area contributed by atoms with Crippen molar-refractivity contribution in [1.29, 1.82) is 0 Å². The number of cyclic esters (lactones) is 1. The number of allylic oxidation sites excluding steroid dienone is 1. The van der Waals surface area contributed by atoms with Crippen molar-refractivity contribution in [3.63, 3.8) is 0 Å². The second-order valence-electron chi connectivity index (χ2n) is 4.05. The van der Waals surface area contributed by atoms with E-state index in [4.69, 9.17) is 4.74 Å². The Morgan fingerprint density at radius 3 is 3.00 bits per heavy atom. The van der Waals surface area contributed by atoms with Crippen molar-refractivity contribution in [2.24, 2.45) is 0 Å². The van der Waals surface area contributed by atoms with Crippen LogP contribution in [-0.4, -0.2) is 22.1 Å². The van der Waals surface area contributed by atoms with E-state index in [1.807, 2.05) is 35.8 Å². The van der Waals surface area contributed by atoms with Crippen LogP contribution in [0.1, 0.15) is 13.3 Å². The number of carbonyl (C=O) groups excluding carboxylic acids is 1. The number of imidazole rings is 1. The first-order chi connectivity index (χ1) is 8.27. The first-order valence-corrected chi connectivity index (χ1v) is 5.57. The predicted molar refractivity (Wildman–Crippen MR) is 64.2 cm³/mol. The van der Waals surface area contributed by atoms with Gasteiger partial charge in [-0.25, -0.2) is 9.78 Å². The largest absolute Gasteiger partial charge is 0.462 e. The first kappa shape index (κ1) is 10.1. The van der Waals surface area contributed by atoms with Crippen LogP contribution in [0.3, 0.4) is 0 Å². The zero-order valence-corrected chi connectivity index (χ0v) is 9.51. The van der Waals surface area contributed by atoms with Crippen LogP contribution in [0.25, 0.3) is 16.7 Å². The lowest BCUT2D eigenvalue weighted by Crippen LogP contribution is -2.02. The highest BCUT2D eigenvalue weighted by Crippen LogP contribution is 2.24. The highest BCUT2D eigenvalue weighted by Gasteiger charge is 2.22. The summed E-state index contributed by atoms with van der Waals surface area (Å²) in [5, 5.41) is 0. The molecule has 2 aromatic rings. The van der Waals surface area contributed by atoms with E-state index < -0.39 is 0 Å². The number of ether oxygens (including phenoxy) is 1. The maximum absolute atomic E-state index is 11.5. The molecule has 1 aliphatic heterocycles. The SMILES string of the molecule is C/C(=C1\CCOC1=O)n1cnc2ccccc21. The Kier molecular flexibility index (Phi) is 2.21. The summed E-state index contributed by atoms with van der Waals surface area (Å²) in [6.45, 7) is 2.41. The highest BCUT2D eigenvalue weighted by molar-refractivity contribution is 5.97. The Labute approximate surface area is 98.5 Å². The molecule has 0 atom stereocenters. The number of hydrogen-bond acceptors (Lipinski definition) is 3. The van der Waals surface area contributed by atoms with Crippen LogP contribution in [0, 0.1) is 0 Å². The van der Waals surface area contributed by atoms with Crippen LogP contribution in [0.2, 0.25) is 0 Å². The van der Waals surface area contributed by atoms with Gasteiger partial charge in [0.25, 0.3) is 0 Å². The van der Waals surface area contributed by atoms with Crippen molar-refractivity contribution in [2.75, 3.05) is 6.61 Å². The second-order valence-corrected chi connectivity index (χ2v) is 4.05. The van der Waals surface area contributed by atoms with E-state index in [1.54, 1.807) is 6.33 Å². The lowest BCUT2D eigenvalue weighted by molar-refractivity contribution is -0.135. The Balaban J connectivity index is 2.19. The molecular formula is C13H12N2O2. The van der Waals surface area contributed by atoms with Gasteiger partial charge in [0, 0.05) is 12.1 Å². The third kappa shape index (κ3) is 1.53. The summed E-state index contributed by atoms with van der Waals surface area (Å²) in [6.07, 6.45) is 2.43. The molecule has 0 amide bonds. The number of nitrogens with zero attached hydrogens (tertiary/aromatic N) is 2. The van der Waals surface area contributed by atoms with E-state index in [0.717, 1.165) is 22.3 Å². The van der Waals surface area contributed by atoms with Crippen molar-refractivity contribution in [3.8, 4) is 0 Å². The molecule has 0 N–H and O–H groups in total. The lowest BCUT2D eigenvalue weighted by atomic mass is 10.2. The summed E-state index contributed by atoms with van der Waals surface area (Å²) in [5.74, 6) is -0.208. The summed E-state index contributed by atoms with van der Waals surface area (Å²) in [6, 6.07) is 7.86. The summed E-state index contributed by atoms with van der Waals surface area (Å²) in [5.41, 5.74) is 3.59. The molecule has 1 aromatic heterocycles. The highest BCUT2D eigenvalue weighted by atomic mass is 16.5. The molecule has 0 radical (unpaired) electrons. The summed E-state index contributed by atoms with van der Waals surface area (Å²) in [4.78, 5) is 15.8. The minimum absolute atomic E-state index is 0.208. The standard InChI is InChI=1S/C13H12N2O2/c1-9(10-6-7-17-13(10)16)15-8-14-11-4-2-3-5-12(11)15/h2-5,8H,6-7H2,1H3/b10-9-. The van der Waals surface area contributed by atoms with Crippen LogP contribution >= 0.6 is 0 Å². The van der Waals surface area contributed by atoms with E-state index in [9.17, 15) is 4.79 Å². The second kappa shape index (κ2) is 3.73. The first-order valence-electron chi connectivity index (χ1n) is 5.57. The van der Waals surface area contributed by atoms with Gasteiger partial charge in [-0.05, 0) is 19.1 Å². The van der Waals surface area contributed by atoms with Gasteiger partial charge in [0.05, 0.1) is 23.2 Å². The number of carbonyl (C=O) groups is 1. The molecule has 2 heterocycles. The molecule has 3 rings (SSSR count). The van der Waals surface area contributed by atoms with E-state index in [-0.39, 0.29) is 5.97 Å². The molecule has 1 saturated heterocycles. The fourth-order valence-electron chi connectivity index (χ4n) is 2.14. The van der Waals surface area contributed by atoms with Crippen LogP contribution in [0.4, 0.5) is 0 Å². The Hall–Kier alpha value is -2.10. The minimum atomic E-state index is -0.208. The van der Waals surface area contributed by atoms with Crippen molar-refractivity contribution < 1.29 is 9.53 Å². The molecule has 0 bridgehead atoms. The van der Waals surface area contributed by atoms with E-state index in [2.05, 4.69) is 4.98 Å². The quantitative estimate of drug-likeness (QED) is 0.555.